The molecule has 2 aromatic rings. The summed E-state index contributed by atoms with van der Waals surface area (Å²) in [5.41, 5.74) is -4.45. The van der Waals surface area contributed by atoms with Crippen molar-refractivity contribution in [3.05, 3.63) is 28.3 Å². The molecule has 1 aliphatic carbocycles. The smallest absolute Gasteiger partial charge is 0.279 e. The number of ether oxygens (including phenoxy) is 10. The van der Waals surface area contributed by atoms with Gasteiger partial charge in [0.2, 0.25) is 11.4 Å². The van der Waals surface area contributed by atoms with E-state index in [1.54, 1.807) is 33.8 Å². The number of aliphatic hydroxyl groups excluding tert-OH is 3. The Morgan fingerprint density at radius 1 is 1.02 bits per heavy atom. The zero-order valence-electron chi connectivity index (χ0n) is 34.3. The lowest BCUT2D eigenvalue weighted by molar-refractivity contribution is -0.374. The Morgan fingerprint density at radius 2 is 1.71 bits per heavy atom. The molecule has 0 amide bonds. The van der Waals surface area contributed by atoms with Crippen molar-refractivity contribution in [2.45, 2.75) is 163 Å². The van der Waals surface area contributed by atoms with Crippen LogP contribution >= 0.6 is 0 Å². The first-order chi connectivity index (χ1) is 27.6. The van der Waals surface area contributed by atoms with Crippen LogP contribution in [0.5, 0.6) is 17.2 Å². The molecule has 2 bridgehead atoms. The topological polar surface area (TPSA) is 251 Å². The van der Waals surface area contributed by atoms with Crippen LogP contribution in [0.25, 0.3) is 10.8 Å². The minimum absolute atomic E-state index is 0.0103. The summed E-state index contributed by atoms with van der Waals surface area (Å²) in [6.45, 7) is 10.8. The van der Waals surface area contributed by atoms with Crippen molar-refractivity contribution in [2.24, 2.45) is 0 Å². The number of phenols is 1. The first-order valence-electron chi connectivity index (χ1n) is 19.9. The number of phenolic OH excluding ortho intramolecular Hbond substituents is 1. The maximum Gasteiger partial charge on any atom is 0.279 e. The van der Waals surface area contributed by atoms with E-state index in [2.05, 4.69) is 0 Å². The fourth-order valence-electron chi connectivity index (χ4n) is 10.9. The summed E-state index contributed by atoms with van der Waals surface area (Å²) in [5.74, 6) is -6.97. The average Bonchev–Trinajstić information content (AvgIpc) is 3.82. The molecule has 16 atom stereocenters. The number of hydrogen-bond donors (Lipinski definition) is 6. The molecule has 5 fully saturated rings. The fraction of sp³-hybridized carbons (Fsp3) is 0.707. The third-order valence-corrected chi connectivity index (χ3v) is 13.9. The van der Waals surface area contributed by atoms with Gasteiger partial charge >= 0.3 is 0 Å². The van der Waals surface area contributed by atoms with Crippen molar-refractivity contribution in [2.75, 3.05) is 20.8 Å². The molecule has 6 heterocycles. The lowest BCUT2D eigenvalue weighted by Crippen LogP contribution is -2.71. The van der Waals surface area contributed by atoms with Crippen molar-refractivity contribution in [1.82, 2.24) is 0 Å². The minimum atomic E-state index is -2.21. The molecule has 59 heavy (non-hydrogen) atoms. The monoisotopic (exact) mass is 832 g/mol. The number of ketones is 2. The number of aliphatic hydroxyl groups is 5. The van der Waals surface area contributed by atoms with Crippen LogP contribution in [0.1, 0.15) is 100 Å². The third kappa shape index (κ3) is 5.20. The van der Waals surface area contributed by atoms with Gasteiger partial charge in [0.05, 0.1) is 54.7 Å². The van der Waals surface area contributed by atoms with Crippen molar-refractivity contribution >= 4 is 22.3 Å². The Hall–Kier alpha value is -3.08. The van der Waals surface area contributed by atoms with Crippen LogP contribution in [0, 0.1) is 6.92 Å². The molecule has 1 spiro atoms. The highest BCUT2D eigenvalue weighted by atomic mass is 16.9. The first kappa shape index (κ1) is 41.3. The van der Waals surface area contributed by atoms with Crippen LogP contribution in [0.15, 0.2) is 6.07 Å². The molecule has 2 aromatic carbocycles. The molecule has 0 aromatic heterocycles. The largest absolute Gasteiger partial charge is 0.506 e. The van der Waals surface area contributed by atoms with E-state index in [-0.39, 0.29) is 53.9 Å². The minimum Gasteiger partial charge on any atom is -0.506 e. The van der Waals surface area contributed by atoms with Gasteiger partial charge in [-0.05, 0) is 60.1 Å². The van der Waals surface area contributed by atoms with Gasteiger partial charge in [-0.15, -0.1) is 0 Å². The Balaban J connectivity index is 1.21. The molecule has 0 radical (unpaired) electrons. The summed E-state index contributed by atoms with van der Waals surface area (Å²) in [7, 11) is 2.87. The highest BCUT2D eigenvalue weighted by Gasteiger charge is 2.93. The standard InChI is InChI=1S/C41H52O18/c1-15-10-20-26(30(46)28-27(31(20)51-9)22(11-21(43)29(28)45)55-37(7)13-36(6,48)34(47)16(2)54-37)32-25(15)33-35-41(57-32,38(14-52-38)40(58-33,59-35)19(5)50-8)56-24-12-23(44)39(49,17(3)42)18(4)53-24/h10,16,18-19,21-24,33-35,43-44,46-49H,11-14H2,1-9H3/t16?,18?,19-,21-,22-,23?,24?,33?,34?,35?,36?,37?,38+,39?,40?,41+/m0/s1. The van der Waals surface area contributed by atoms with E-state index in [9.17, 15) is 40.2 Å². The van der Waals surface area contributed by atoms with Crippen LogP contribution in [0.3, 0.4) is 0 Å². The zero-order chi connectivity index (χ0) is 42.7. The number of carbonyl (C=O) groups is 2. The van der Waals surface area contributed by atoms with Gasteiger partial charge in [-0.1, -0.05) is 0 Å². The second-order valence-corrected chi connectivity index (χ2v) is 17.7. The van der Waals surface area contributed by atoms with Gasteiger partial charge in [0.15, 0.2) is 35.3 Å². The van der Waals surface area contributed by atoms with Crippen molar-refractivity contribution in [3.63, 3.8) is 0 Å². The molecular formula is C41H52O18. The molecule has 6 aliphatic heterocycles. The predicted molar refractivity (Wildman–Crippen MR) is 197 cm³/mol. The second kappa shape index (κ2) is 13.0. The summed E-state index contributed by atoms with van der Waals surface area (Å²) in [6.07, 6.45) is -12.5. The van der Waals surface area contributed by atoms with Gasteiger partial charge in [0.25, 0.3) is 5.79 Å². The van der Waals surface area contributed by atoms with Gasteiger partial charge in [-0.25, -0.2) is 0 Å². The van der Waals surface area contributed by atoms with Crippen LogP contribution < -0.4 is 9.47 Å². The number of fused-ring (bicyclic) bond motifs is 8. The quantitative estimate of drug-likeness (QED) is 0.206. The van der Waals surface area contributed by atoms with E-state index in [0.29, 0.717) is 16.5 Å². The molecule has 324 valence electrons. The Bertz CT molecular complexity index is 2120. The molecule has 18 heteroatoms. The number of hydrogen-bond acceptors (Lipinski definition) is 18. The van der Waals surface area contributed by atoms with E-state index in [1.807, 2.05) is 0 Å². The van der Waals surface area contributed by atoms with Gasteiger partial charge in [-0.2, -0.15) is 0 Å². The average molecular weight is 833 g/mol. The zero-order valence-corrected chi connectivity index (χ0v) is 34.3. The molecular weight excluding hydrogens is 780 g/mol. The molecule has 6 N–H and O–H groups in total. The lowest BCUT2D eigenvalue weighted by Gasteiger charge is -2.52. The normalized spacial score (nSPS) is 46.2. The second-order valence-electron chi connectivity index (χ2n) is 17.7. The van der Waals surface area contributed by atoms with E-state index in [1.165, 1.54) is 28.1 Å². The molecule has 0 saturated carbocycles. The number of aryl methyl sites for hydroxylation is 1. The van der Waals surface area contributed by atoms with E-state index in [0.717, 1.165) is 6.92 Å². The van der Waals surface area contributed by atoms with Gasteiger partial charge < -0.3 is 78.0 Å². The predicted octanol–water partition coefficient (Wildman–Crippen LogP) is 1.40. The molecule has 9 rings (SSSR count). The molecule has 5 saturated heterocycles. The summed E-state index contributed by atoms with van der Waals surface area (Å²) >= 11 is 0. The molecule has 7 aliphatic rings. The van der Waals surface area contributed by atoms with Crippen molar-refractivity contribution in [3.8, 4) is 17.2 Å². The van der Waals surface area contributed by atoms with E-state index in [4.69, 9.17) is 47.4 Å². The number of rotatable bonds is 8. The highest BCUT2D eigenvalue weighted by Crippen LogP contribution is 2.72. The van der Waals surface area contributed by atoms with E-state index >= 15 is 0 Å². The summed E-state index contributed by atoms with van der Waals surface area (Å²) in [6, 6.07) is 1.74. The first-order valence-corrected chi connectivity index (χ1v) is 19.9. The number of epoxide rings is 1. The Labute approximate surface area is 339 Å². The fourth-order valence-corrected chi connectivity index (χ4v) is 10.9. The lowest BCUT2D eigenvalue weighted by atomic mass is 9.76. The van der Waals surface area contributed by atoms with Crippen LogP contribution in [0.2, 0.25) is 0 Å². The van der Waals surface area contributed by atoms with Crippen LogP contribution in [-0.2, 0) is 42.7 Å². The number of carbonyl (C=O) groups excluding carboxylic acids is 2. The summed E-state index contributed by atoms with van der Waals surface area (Å²) < 4.78 is 64.1. The maximum atomic E-state index is 14.1. The summed E-state index contributed by atoms with van der Waals surface area (Å²) in [4.78, 5) is 26.6. The summed E-state index contributed by atoms with van der Waals surface area (Å²) in [5, 5.41) is 68.0. The maximum absolute atomic E-state index is 14.1. The van der Waals surface area contributed by atoms with Crippen LogP contribution in [0.4, 0.5) is 0 Å². The van der Waals surface area contributed by atoms with Gasteiger partial charge in [0.1, 0.15) is 41.7 Å². The number of methoxy groups -OCH3 is 2. The van der Waals surface area contributed by atoms with Gasteiger partial charge in [-0.3, -0.25) is 9.59 Å². The highest BCUT2D eigenvalue weighted by molar-refractivity contribution is 6.13. The van der Waals surface area contributed by atoms with E-state index < -0.39 is 113 Å². The number of benzene rings is 2. The SMILES string of the molecule is COc1c2c(c(O)c3c4c(c(C)cc13)C1OC3([C@H](C)OC)OC1[C@@](OC1CC(O)C(O)(C(C)=O)C(C)O1)(O4)[C@@]31CO1)C(=O)[C@@H](O)C[C@@H]2OC1(C)CC(C)(O)C(O)C(C)O1. The van der Waals surface area contributed by atoms with Gasteiger partial charge in [0, 0.05) is 42.9 Å². The van der Waals surface area contributed by atoms with Crippen molar-refractivity contribution in [1.29, 1.82) is 0 Å². The number of Topliss-reactive ketones (excluding diaryl/α,β-unsaturated/α-hetero) is 2. The molecule has 11 unspecified atom stereocenters. The number of aromatic hydroxyl groups is 1. The van der Waals surface area contributed by atoms with Crippen molar-refractivity contribution < 1.29 is 87.6 Å². The van der Waals surface area contributed by atoms with Crippen LogP contribution in [-0.4, -0.2) is 146 Å². The Morgan fingerprint density at radius 3 is 2.31 bits per heavy atom. The Kier molecular flexibility index (Phi) is 9.08. The molecule has 18 nitrogen and oxygen atoms in total. The third-order valence-electron chi connectivity index (χ3n) is 13.9.